The van der Waals surface area contributed by atoms with Crippen LogP contribution >= 0.6 is 0 Å². The van der Waals surface area contributed by atoms with E-state index in [9.17, 15) is 0 Å². The van der Waals surface area contributed by atoms with E-state index in [0.29, 0.717) is 11.8 Å². The Kier molecular flexibility index (Phi) is 3.87. The zero-order valence-corrected chi connectivity index (χ0v) is 13.2. The van der Waals surface area contributed by atoms with Gasteiger partial charge in [-0.15, -0.1) is 0 Å². The lowest BCUT2D eigenvalue weighted by molar-refractivity contribution is 0.419. The number of nitrogens with zero attached hydrogens (tertiary/aromatic N) is 4. The van der Waals surface area contributed by atoms with Crippen molar-refractivity contribution in [2.45, 2.75) is 31.6 Å². The van der Waals surface area contributed by atoms with Crippen LogP contribution in [0.3, 0.4) is 0 Å². The van der Waals surface area contributed by atoms with E-state index in [1.165, 1.54) is 25.0 Å². The Labute approximate surface area is 135 Å². The van der Waals surface area contributed by atoms with Crippen LogP contribution in [0.2, 0.25) is 0 Å². The van der Waals surface area contributed by atoms with Crippen molar-refractivity contribution in [2.75, 3.05) is 29.9 Å². The second-order valence-electron chi connectivity index (χ2n) is 6.54. The fraction of sp³-hybridized carbons (Fsp3) is 0.562. The molecule has 7 heteroatoms. The van der Waals surface area contributed by atoms with Gasteiger partial charge in [-0.1, -0.05) is 0 Å². The molecule has 4 N–H and O–H groups in total. The number of hydrogen-bond donors (Lipinski definition) is 3. The van der Waals surface area contributed by atoms with E-state index in [1.807, 2.05) is 6.07 Å². The molecule has 1 aliphatic heterocycles. The summed E-state index contributed by atoms with van der Waals surface area (Å²) in [6.45, 7) is 2.66. The number of rotatable bonds is 5. The molecule has 2 aliphatic rings. The molecule has 7 nitrogen and oxygen atoms in total. The van der Waals surface area contributed by atoms with Gasteiger partial charge in [0, 0.05) is 37.0 Å². The zero-order valence-electron chi connectivity index (χ0n) is 13.2. The fourth-order valence-corrected chi connectivity index (χ4v) is 3.14. The van der Waals surface area contributed by atoms with Crippen molar-refractivity contribution >= 4 is 17.6 Å². The summed E-state index contributed by atoms with van der Waals surface area (Å²) >= 11 is 0. The molecule has 1 saturated heterocycles. The standard InChI is InChI=1S/C16H23N7/c17-9-11-2-1-7-23(10-11)16-18-6-5-14(20-16)19-15-8-13(21-22-15)12-3-4-12/h5-6,8,11-12H,1-4,7,9-10,17H2,(H2,18,19,20,21,22)/t11-/m0/s1. The fourth-order valence-electron chi connectivity index (χ4n) is 3.14. The molecule has 3 heterocycles. The van der Waals surface area contributed by atoms with Crippen molar-refractivity contribution in [1.29, 1.82) is 0 Å². The minimum Gasteiger partial charge on any atom is -0.340 e. The molecule has 2 fully saturated rings. The highest BCUT2D eigenvalue weighted by atomic mass is 15.3. The number of aromatic nitrogens is 4. The summed E-state index contributed by atoms with van der Waals surface area (Å²) in [5.74, 6) is 3.57. The van der Waals surface area contributed by atoms with Gasteiger partial charge in [-0.2, -0.15) is 10.1 Å². The molecule has 0 amide bonds. The van der Waals surface area contributed by atoms with E-state index in [4.69, 9.17) is 5.73 Å². The molecule has 23 heavy (non-hydrogen) atoms. The minimum absolute atomic E-state index is 0.538. The molecular weight excluding hydrogens is 290 g/mol. The van der Waals surface area contributed by atoms with Gasteiger partial charge >= 0.3 is 0 Å². The van der Waals surface area contributed by atoms with Gasteiger partial charge in [-0.05, 0) is 44.2 Å². The Morgan fingerprint density at radius 1 is 1.30 bits per heavy atom. The zero-order chi connectivity index (χ0) is 15.6. The van der Waals surface area contributed by atoms with Crippen molar-refractivity contribution in [2.24, 2.45) is 11.7 Å². The molecule has 0 bridgehead atoms. The number of nitrogens with one attached hydrogen (secondary N) is 2. The first-order chi connectivity index (χ1) is 11.3. The van der Waals surface area contributed by atoms with Crippen molar-refractivity contribution in [3.63, 3.8) is 0 Å². The molecule has 1 atom stereocenters. The van der Waals surface area contributed by atoms with E-state index >= 15 is 0 Å². The molecular formula is C16H23N7. The number of nitrogens with two attached hydrogens (primary N) is 1. The summed E-state index contributed by atoms with van der Waals surface area (Å²) in [6, 6.07) is 3.95. The smallest absolute Gasteiger partial charge is 0.227 e. The molecule has 2 aromatic heterocycles. The SMILES string of the molecule is NC[C@@H]1CCCN(c2nccc(Nc3cc(C4CC4)[nH]n3)n2)C1. The molecule has 0 radical (unpaired) electrons. The maximum Gasteiger partial charge on any atom is 0.227 e. The van der Waals surface area contributed by atoms with Gasteiger partial charge in [0.05, 0.1) is 0 Å². The van der Waals surface area contributed by atoms with Crippen LogP contribution in [0.25, 0.3) is 0 Å². The highest BCUT2D eigenvalue weighted by Crippen LogP contribution is 2.39. The van der Waals surface area contributed by atoms with Crippen LogP contribution in [0.5, 0.6) is 0 Å². The number of aromatic amines is 1. The van der Waals surface area contributed by atoms with Crippen LogP contribution in [-0.2, 0) is 0 Å². The average Bonchev–Trinajstić information content (AvgIpc) is 3.35. The summed E-state index contributed by atoms with van der Waals surface area (Å²) in [4.78, 5) is 11.3. The molecule has 122 valence electrons. The third-order valence-electron chi connectivity index (χ3n) is 4.65. The summed E-state index contributed by atoms with van der Waals surface area (Å²) in [5.41, 5.74) is 7.03. The maximum absolute atomic E-state index is 5.82. The summed E-state index contributed by atoms with van der Waals surface area (Å²) < 4.78 is 0. The molecule has 0 unspecified atom stereocenters. The third kappa shape index (κ3) is 3.29. The van der Waals surface area contributed by atoms with Gasteiger partial charge in [0.25, 0.3) is 0 Å². The number of H-pyrrole nitrogens is 1. The number of piperidine rings is 1. The molecule has 2 aromatic rings. The predicted molar refractivity (Wildman–Crippen MR) is 89.9 cm³/mol. The third-order valence-corrected chi connectivity index (χ3v) is 4.65. The van der Waals surface area contributed by atoms with Crippen LogP contribution in [0.1, 0.15) is 37.3 Å². The Morgan fingerprint density at radius 2 is 2.22 bits per heavy atom. The van der Waals surface area contributed by atoms with Gasteiger partial charge < -0.3 is 16.0 Å². The van der Waals surface area contributed by atoms with Crippen molar-refractivity contribution in [1.82, 2.24) is 20.2 Å². The Morgan fingerprint density at radius 3 is 3.04 bits per heavy atom. The molecule has 1 aliphatic carbocycles. The highest BCUT2D eigenvalue weighted by Gasteiger charge is 2.25. The van der Waals surface area contributed by atoms with E-state index in [1.54, 1.807) is 6.20 Å². The van der Waals surface area contributed by atoms with Crippen LogP contribution in [0.4, 0.5) is 17.6 Å². The molecule has 1 saturated carbocycles. The van der Waals surface area contributed by atoms with E-state index in [0.717, 1.165) is 43.6 Å². The first-order valence-corrected chi connectivity index (χ1v) is 8.42. The summed E-state index contributed by atoms with van der Waals surface area (Å²) in [5, 5.41) is 10.7. The van der Waals surface area contributed by atoms with Crippen molar-refractivity contribution in [3.8, 4) is 0 Å². The van der Waals surface area contributed by atoms with Crippen LogP contribution in [-0.4, -0.2) is 39.8 Å². The quantitative estimate of drug-likeness (QED) is 0.781. The minimum atomic E-state index is 0.538. The monoisotopic (exact) mass is 313 g/mol. The molecule has 0 aromatic carbocycles. The van der Waals surface area contributed by atoms with Gasteiger partial charge in [-0.25, -0.2) is 4.98 Å². The highest BCUT2D eigenvalue weighted by molar-refractivity contribution is 5.53. The van der Waals surface area contributed by atoms with E-state index in [2.05, 4.69) is 36.4 Å². The van der Waals surface area contributed by atoms with Gasteiger partial charge in [0.2, 0.25) is 5.95 Å². The maximum atomic E-state index is 5.82. The first-order valence-electron chi connectivity index (χ1n) is 8.42. The summed E-state index contributed by atoms with van der Waals surface area (Å²) in [6.07, 6.45) is 6.66. The largest absolute Gasteiger partial charge is 0.340 e. The van der Waals surface area contributed by atoms with Crippen LogP contribution in [0, 0.1) is 5.92 Å². The topological polar surface area (TPSA) is 95.8 Å². The van der Waals surface area contributed by atoms with Crippen molar-refractivity contribution in [3.05, 3.63) is 24.0 Å². The normalized spacial score (nSPS) is 21.4. The Hall–Kier alpha value is -2.15. The van der Waals surface area contributed by atoms with E-state index < -0.39 is 0 Å². The first kappa shape index (κ1) is 14.4. The second kappa shape index (κ2) is 6.16. The lowest BCUT2D eigenvalue weighted by Crippen LogP contribution is -2.39. The number of anilines is 3. The van der Waals surface area contributed by atoms with Gasteiger partial charge in [0.15, 0.2) is 5.82 Å². The van der Waals surface area contributed by atoms with Crippen LogP contribution in [0.15, 0.2) is 18.3 Å². The molecule has 4 rings (SSSR count). The van der Waals surface area contributed by atoms with Gasteiger partial charge in [-0.3, -0.25) is 5.10 Å². The Balaban J connectivity index is 1.46. The van der Waals surface area contributed by atoms with Crippen molar-refractivity contribution < 1.29 is 0 Å². The van der Waals surface area contributed by atoms with Crippen LogP contribution < -0.4 is 16.0 Å². The number of hydrogen-bond acceptors (Lipinski definition) is 6. The second-order valence-corrected chi connectivity index (χ2v) is 6.54. The summed E-state index contributed by atoms with van der Waals surface area (Å²) in [7, 11) is 0. The lowest BCUT2D eigenvalue weighted by Gasteiger charge is -2.32. The Bertz CT molecular complexity index is 664. The molecule has 0 spiro atoms. The lowest BCUT2D eigenvalue weighted by atomic mass is 9.99. The van der Waals surface area contributed by atoms with Gasteiger partial charge in [0.1, 0.15) is 5.82 Å². The van der Waals surface area contributed by atoms with E-state index in [-0.39, 0.29) is 0 Å². The average molecular weight is 313 g/mol. The predicted octanol–water partition coefficient (Wildman–Crippen LogP) is 2.00.